The normalized spacial score (nSPS) is 13.6. The lowest BCUT2D eigenvalue weighted by Gasteiger charge is -2.21. The van der Waals surface area contributed by atoms with Crippen molar-refractivity contribution in [2.45, 2.75) is 23.8 Å². The van der Waals surface area contributed by atoms with Crippen molar-refractivity contribution in [3.8, 4) is 22.5 Å². The molecule has 1 aromatic heterocycles. The van der Waals surface area contributed by atoms with Gasteiger partial charge in [0.2, 0.25) is 11.1 Å². The van der Waals surface area contributed by atoms with E-state index in [1.807, 2.05) is 90.7 Å². The minimum absolute atomic E-state index is 0.0666. The summed E-state index contributed by atoms with van der Waals surface area (Å²) in [6.07, 6.45) is 0.890. The van der Waals surface area contributed by atoms with E-state index in [9.17, 15) is 4.79 Å². The highest BCUT2D eigenvalue weighted by molar-refractivity contribution is 8.00. The first kappa shape index (κ1) is 20.4. The van der Waals surface area contributed by atoms with E-state index in [2.05, 4.69) is 16.3 Å². The number of carbonyl (C=O) groups excluding carboxylic acids is 1. The van der Waals surface area contributed by atoms with Crippen molar-refractivity contribution < 1.29 is 4.79 Å². The fourth-order valence-electron chi connectivity index (χ4n) is 3.94. The second-order valence-electron chi connectivity index (χ2n) is 7.65. The molecule has 0 aliphatic carbocycles. The largest absolute Gasteiger partial charge is 0.311 e. The van der Waals surface area contributed by atoms with E-state index < -0.39 is 0 Å². The number of carbonyl (C=O) groups is 1. The number of anilines is 1. The van der Waals surface area contributed by atoms with Crippen LogP contribution in [-0.2, 0) is 11.2 Å². The smallest absolute Gasteiger partial charge is 0.240 e. The Morgan fingerprint density at radius 1 is 0.844 bits per heavy atom. The molecule has 4 aromatic rings. The number of hydrogen-bond acceptors (Lipinski definition) is 5. The molecule has 1 amide bonds. The summed E-state index contributed by atoms with van der Waals surface area (Å²) in [7, 11) is 0. The first-order chi connectivity index (χ1) is 15.7. The summed E-state index contributed by atoms with van der Waals surface area (Å²) in [6.45, 7) is 2.62. The molecule has 1 aliphatic rings. The number of rotatable bonds is 5. The van der Waals surface area contributed by atoms with Crippen LogP contribution < -0.4 is 4.90 Å². The molecule has 158 valence electrons. The molecule has 5 rings (SSSR count). The van der Waals surface area contributed by atoms with E-state index in [1.165, 1.54) is 17.3 Å². The summed E-state index contributed by atoms with van der Waals surface area (Å²) in [4.78, 5) is 19.9. The number of para-hydroxylation sites is 1. The molecule has 0 saturated heterocycles. The van der Waals surface area contributed by atoms with E-state index in [-0.39, 0.29) is 11.2 Å². The summed E-state index contributed by atoms with van der Waals surface area (Å²) in [5.74, 6) is 0.0666. The zero-order chi connectivity index (χ0) is 21.9. The SMILES string of the molecule is C[C@H](Sc1nnc(-c2ccccc2)c(-c2ccccc2)n1)C(=O)N1CCc2ccccc21. The Balaban J connectivity index is 1.44. The van der Waals surface area contributed by atoms with Crippen molar-refractivity contribution in [2.24, 2.45) is 0 Å². The maximum absolute atomic E-state index is 13.2. The summed E-state index contributed by atoms with van der Waals surface area (Å²) in [6, 6.07) is 28.0. The first-order valence-electron chi connectivity index (χ1n) is 10.6. The molecule has 0 unspecified atom stereocenters. The Morgan fingerprint density at radius 3 is 2.19 bits per heavy atom. The van der Waals surface area contributed by atoms with Gasteiger partial charge in [0.05, 0.1) is 5.25 Å². The zero-order valence-electron chi connectivity index (χ0n) is 17.7. The van der Waals surface area contributed by atoms with Gasteiger partial charge in [0, 0.05) is 23.4 Å². The second-order valence-corrected chi connectivity index (χ2v) is 8.96. The summed E-state index contributed by atoms with van der Waals surface area (Å²) >= 11 is 1.35. The van der Waals surface area contributed by atoms with Crippen molar-refractivity contribution in [2.75, 3.05) is 11.4 Å². The Hall–Kier alpha value is -3.51. The molecule has 0 saturated carbocycles. The lowest BCUT2D eigenvalue weighted by molar-refractivity contribution is -0.117. The molecule has 32 heavy (non-hydrogen) atoms. The molecule has 0 bridgehead atoms. The highest BCUT2D eigenvalue weighted by Gasteiger charge is 2.29. The van der Waals surface area contributed by atoms with Crippen LogP contribution in [0.2, 0.25) is 0 Å². The summed E-state index contributed by atoms with van der Waals surface area (Å²) < 4.78 is 0. The van der Waals surface area contributed by atoms with Gasteiger partial charge >= 0.3 is 0 Å². The van der Waals surface area contributed by atoms with Gasteiger partial charge in [-0.3, -0.25) is 4.79 Å². The van der Waals surface area contributed by atoms with Crippen LogP contribution in [-0.4, -0.2) is 32.9 Å². The third kappa shape index (κ3) is 4.01. The number of aromatic nitrogens is 3. The molecule has 3 aromatic carbocycles. The van der Waals surface area contributed by atoms with E-state index in [0.29, 0.717) is 11.7 Å². The highest BCUT2D eigenvalue weighted by Crippen LogP contribution is 2.33. The Morgan fingerprint density at radius 2 is 1.47 bits per heavy atom. The van der Waals surface area contributed by atoms with Crippen molar-refractivity contribution in [3.63, 3.8) is 0 Å². The molecule has 2 heterocycles. The van der Waals surface area contributed by atoms with Crippen LogP contribution in [0.15, 0.2) is 90.1 Å². The quantitative estimate of drug-likeness (QED) is 0.397. The maximum atomic E-state index is 13.2. The van der Waals surface area contributed by atoms with Crippen molar-refractivity contribution >= 4 is 23.4 Å². The van der Waals surface area contributed by atoms with Gasteiger partial charge < -0.3 is 4.90 Å². The predicted octanol–water partition coefficient (Wildman–Crippen LogP) is 5.28. The van der Waals surface area contributed by atoms with Crippen molar-refractivity contribution in [3.05, 3.63) is 90.5 Å². The van der Waals surface area contributed by atoms with E-state index in [4.69, 9.17) is 4.98 Å². The van der Waals surface area contributed by atoms with Gasteiger partial charge in [0.15, 0.2) is 0 Å². The van der Waals surface area contributed by atoms with Crippen LogP contribution in [0, 0.1) is 0 Å². The van der Waals surface area contributed by atoms with Crippen molar-refractivity contribution in [1.82, 2.24) is 15.2 Å². The molecular formula is C26H22N4OS. The van der Waals surface area contributed by atoms with E-state index >= 15 is 0 Å². The molecule has 6 heteroatoms. The number of benzene rings is 3. The fourth-order valence-corrected chi connectivity index (χ4v) is 4.72. The number of hydrogen-bond donors (Lipinski definition) is 0. The first-order valence-corrected chi connectivity index (χ1v) is 11.5. The van der Waals surface area contributed by atoms with Gasteiger partial charge in [-0.1, -0.05) is 90.6 Å². The molecular weight excluding hydrogens is 416 g/mol. The molecule has 1 atom stereocenters. The Kier molecular flexibility index (Phi) is 5.69. The third-order valence-electron chi connectivity index (χ3n) is 5.54. The van der Waals surface area contributed by atoms with Gasteiger partial charge in [-0.15, -0.1) is 10.2 Å². The highest BCUT2D eigenvalue weighted by atomic mass is 32.2. The van der Waals surface area contributed by atoms with Crippen molar-refractivity contribution in [1.29, 1.82) is 0 Å². The summed E-state index contributed by atoms with van der Waals surface area (Å²) in [5, 5.41) is 9.05. The maximum Gasteiger partial charge on any atom is 0.240 e. The summed E-state index contributed by atoms with van der Waals surface area (Å²) in [5.41, 5.74) is 5.65. The minimum atomic E-state index is -0.325. The van der Waals surface area contributed by atoms with Crippen LogP contribution in [0.4, 0.5) is 5.69 Å². The third-order valence-corrected chi connectivity index (χ3v) is 6.48. The van der Waals surface area contributed by atoms with Crippen LogP contribution in [0.3, 0.4) is 0 Å². The molecule has 0 fully saturated rings. The van der Waals surface area contributed by atoms with Crippen LogP contribution in [0.25, 0.3) is 22.5 Å². The molecule has 5 nitrogen and oxygen atoms in total. The lowest BCUT2D eigenvalue weighted by Crippen LogP contribution is -2.35. The number of amides is 1. The van der Waals surface area contributed by atoms with Gasteiger partial charge in [0.1, 0.15) is 11.4 Å². The van der Waals surface area contributed by atoms with Gasteiger partial charge in [-0.25, -0.2) is 4.98 Å². The van der Waals surface area contributed by atoms with Gasteiger partial charge in [0.25, 0.3) is 0 Å². The molecule has 1 aliphatic heterocycles. The topological polar surface area (TPSA) is 59.0 Å². The zero-order valence-corrected chi connectivity index (χ0v) is 18.5. The minimum Gasteiger partial charge on any atom is -0.311 e. The Bertz CT molecular complexity index is 1250. The molecule has 0 spiro atoms. The number of thioether (sulfide) groups is 1. The molecule has 0 radical (unpaired) electrons. The van der Waals surface area contributed by atoms with Crippen LogP contribution in [0.1, 0.15) is 12.5 Å². The van der Waals surface area contributed by atoms with Crippen LogP contribution in [0.5, 0.6) is 0 Å². The van der Waals surface area contributed by atoms with Crippen LogP contribution >= 0.6 is 11.8 Å². The van der Waals surface area contributed by atoms with Gasteiger partial charge in [-0.05, 0) is 25.0 Å². The second kappa shape index (κ2) is 8.93. The fraction of sp³-hybridized carbons (Fsp3) is 0.154. The lowest BCUT2D eigenvalue weighted by atomic mass is 10.0. The van der Waals surface area contributed by atoms with E-state index in [1.54, 1.807) is 0 Å². The average Bonchev–Trinajstić information content (AvgIpc) is 3.29. The predicted molar refractivity (Wildman–Crippen MR) is 129 cm³/mol. The standard InChI is InChI=1S/C26H22N4OS/c1-18(25(31)30-17-16-19-10-8-9-15-22(19)30)32-26-27-23(20-11-4-2-5-12-20)24(28-29-26)21-13-6-3-7-14-21/h2-15,18H,16-17H2,1H3/t18-/m0/s1. The monoisotopic (exact) mass is 438 g/mol. The molecule has 0 N–H and O–H groups in total. The number of nitrogens with zero attached hydrogens (tertiary/aromatic N) is 4. The van der Waals surface area contributed by atoms with Gasteiger partial charge in [-0.2, -0.15) is 0 Å². The Labute approximate surface area is 191 Å². The number of fused-ring (bicyclic) bond motifs is 1. The van der Waals surface area contributed by atoms with E-state index in [0.717, 1.165) is 34.6 Å². The average molecular weight is 439 g/mol.